The van der Waals surface area contributed by atoms with Gasteiger partial charge in [-0.2, -0.15) is 0 Å². The van der Waals surface area contributed by atoms with E-state index in [1.807, 2.05) is 12.2 Å². The molecule has 2 rings (SSSR count). The van der Waals surface area contributed by atoms with Crippen molar-refractivity contribution in [1.82, 2.24) is 5.32 Å². The van der Waals surface area contributed by atoms with E-state index in [9.17, 15) is 9.59 Å². The van der Waals surface area contributed by atoms with Crippen molar-refractivity contribution >= 4 is 11.8 Å². The van der Waals surface area contributed by atoms with Crippen LogP contribution in [0, 0.1) is 11.8 Å². The molecule has 2 atom stereocenters. The second-order valence-corrected chi connectivity index (χ2v) is 2.99. The summed E-state index contributed by atoms with van der Waals surface area (Å²) in [6.45, 7) is 0. The van der Waals surface area contributed by atoms with E-state index in [1.165, 1.54) is 0 Å². The molecule has 1 aliphatic heterocycles. The molecule has 2 aliphatic rings. The second kappa shape index (κ2) is 4.15. The number of hydrogen-bond donors (Lipinski definition) is 1. The van der Waals surface area contributed by atoms with Crippen LogP contribution in [-0.2, 0) is 9.59 Å². The largest absolute Gasteiger partial charge is 1.00 e. The molecular formula is C8H10KNO2. The molecule has 4 heteroatoms. The Labute approximate surface area is 115 Å². The van der Waals surface area contributed by atoms with Crippen molar-refractivity contribution in [3.8, 4) is 0 Å². The first-order chi connectivity index (χ1) is 5.29. The maximum atomic E-state index is 11.1. The quantitative estimate of drug-likeness (QED) is 0.258. The molecule has 1 fully saturated rings. The zero-order valence-electron chi connectivity index (χ0n) is 8.04. The number of amides is 2. The monoisotopic (exact) mass is 191 g/mol. The zero-order chi connectivity index (χ0) is 7.84. The Morgan fingerprint density at radius 1 is 1.42 bits per heavy atom. The van der Waals surface area contributed by atoms with Crippen molar-refractivity contribution in [3.63, 3.8) is 0 Å². The number of carbonyl (C=O) groups excluding carboxylic acids is 2. The van der Waals surface area contributed by atoms with Crippen LogP contribution in [0.15, 0.2) is 12.2 Å². The molecule has 1 heterocycles. The molecule has 0 aromatic rings. The van der Waals surface area contributed by atoms with Gasteiger partial charge in [0, 0.05) is 0 Å². The average Bonchev–Trinajstić information content (AvgIpc) is 2.30. The third kappa shape index (κ3) is 1.72. The van der Waals surface area contributed by atoms with Crippen molar-refractivity contribution in [2.24, 2.45) is 11.8 Å². The number of hydrogen-bond acceptors (Lipinski definition) is 2. The molecule has 0 bridgehead atoms. The number of allylic oxidation sites excluding steroid dienone is 1. The topological polar surface area (TPSA) is 46.2 Å². The molecule has 60 valence electrons. The van der Waals surface area contributed by atoms with E-state index >= 15 is 0 Å². The van der Waals surface area contributed by atoms with Crippen LogP contribution >= 0.6 is 0 Å². The molecule has 2 amide bonds. The first-order valence-corrected chi connectivity index (χ1v) is 3.80. The number of imide groups is 1. The molecule has 3 nitrogen and oxygen atoms in total. The first-order valence-electron chi connectivity index (χ1n) is 3.80. The minimum absolute atomic E-state index is 0. The summed E-state index contributed by atoms with van der Waals surface area (Å²) >= 11 is 0. The summed E-state index contributed by atoms with van der Waals surface area (Å²) in [6.07, 6.45) is 5.55. The van der Waals surface area contributed by atoms with E-state index in [4.69, 9.17) is 0 Å². The molecule has 1 aliphatic carbocycles. The van der Waals surface area contributed by atoms with Crippen molar-refractivity contribution in [2.45, 2.75) is 12.8 Å². The van der Waals surface area contributed by atoms with Gasteiger partial charge in [-0.25, -0.2) is 0 Å². The molecule has 0 radical (unpaired) electrons. The van der Waals surface area contributed by atoms with Gasteiger partial charge in [-0.15, -0.1) is 0 Å². The fourth-order valence-electron chi connectivity index (χ4n) is 1.69. The van der Waals surface area contributed by atoms with E-state index in [0.29, 0.717) is 0 Å². The molecule has 0 aromatic heterocycles. The Bertz CT molecular complexity index is 255. The number of carbonyl (C=O) groups is 2. The van der Waals surface area contributed by atoms with Crippen LogP contribution in [0.1, 0.15) is 14.3 Å². The number of nitrogens with one attached hydrogen (secondary N) is 1. The van der Waals surface area contributed by atoms with Gasteiger partial charge in [-0.1, -0.05) is 12.2 Å². The summed E-state index contributed by atoms with van der Waals surface area (Å²) in [5.41, 5.74) is 0. The van der Waals surface area contributed by atoms with Crippen molar-refractivity contribution in [1.29, 1.82) is 0 Å². The molecule has 1 N–H and O–H groups in total. The summed E-state index contributed by atoms with van der Waals surface area (Å²) in [5, 5.41) is 2.33. The standard InChI is InChI=1S/C8H9NO2.K.H/c10-7-5-3-1-2-4-6(5)8(11)9-7;;/h1,3,5-6H,2,4H2,(H,9,10,11);;/q;+1;-1. The van der Waals surface area contributed by atoms with E-state index in [1.54, 1.807) is 0 Å². The zero-order valence-corrected chi connectivity index (χ0v) is 10.2. The summed E-state index contributed by atoms with van der Waals surface area (Å²) in [7, 11) is 0. The Morgan fingerprint density at radius 3 is 2.83 bits per heavy atom. The van der Waals surface area contributed by atoms with Gasteiger partial charge in [0.05, 0.1) is 11.8 Å². The Kier molecular flexibility index (Phi) is 3.67. The molecule has 0 spiro atoms. The van der Waals surface area contributed by atoms with Crippen LogP contribution in [0.5, 0.6) is 0 Å². The predicted octanol–water partition coefficient (Wildman–Crippen LogP) is -2.66. The summed E-state index contributed by atoms with van der Waals surface area (Å²) in [4.78, 5) is 22.1. The summed E-state index contributed by atoms with van der Waals surface area (Å²) in [6, 6.07) is 0. The van der Waals surface area contributed by atoms with Crippen molar-refractivity contribution in [2.75, 3.05) is 0 Å². The van der Waals surface area contributed by atoms with E-state index in [-0.39, 0.29) is 76.5 Å². The molecular weight excluding hydrogens is 181 g/mol. The van der Waals surface area contributed by atoms with Crippen LogP contribution in [-0.4, -0.2) is 11.8 Å². The van der Waals surface area contributed by atoms with Crippen LogP contribution in [0.4, 0.5) is 0 Å². The molecule has 2 unspecified atom stereocenters. The molecule has 1 saturated heterocycles. The SMILES string of the molecule is O=C1NC(=O)C2CCC=CC12.[H-].[K+]. The van der Waals surface area contributed by atoms with Gasteiger partial charge in [0.2, 0.25) is 11.8 Å². The molecule has 0 saturated carbocycles. The Balaban J connectivity index is 0.000000720. The van der Waals surface area contributed by atoms with E-state index in [2.05, 4.69) is 5.32 Å². The van der Waals surface area contributed by atoms with Gasteiger partial charge in [0.1, 0.15) is 0 Å². The van der Waals surface area contributed by atoms with Crippen LogP contribution < -0.4 is 56.7 Å². The normalized spacial score (nSPS) is 32.3. The van der Waals surface area contributed by atoms with Gasteiger partial charge in [-0.05, 0) is 12.8 Å². The first kappa shape index (κ1) is 10.6. The van der Waals surface area contributed by atoms with Gasteiger partial charge < -0.3 is 1.43 Å². The fourth-order valence-corrected chi connectivity index (χ4v) is 1.69. The summed E-state index contributed by atoms with van der Waals surface area (Å²) < 4.78 is 0. The third-order valence-corrected chi connectivity index (χ3v) is 2.31. The predicted molar refractivity (Wildman–Crippen MR) is 39.6 cm³/mol. The minimum atomic E-state index is -0.170. The smallest absolute Gasteiger partial charge is 1.00 e. The van der Waals surface area contributed by atoms with Crippen LogP contribution in [0.25, 0.3) is 0 Å². The van der Waals surface area contributed by atoms with E-state index in [0.717, 1.165) is 12.8 Å². The molecule has 0 aromatic carbocycles. The van der Waals surface area contributed by atoms with Gasteiger partial charge in [-0.3, -0.25) is 14.9 Å². The van der Waals surface area contributed by atoms with Gasteiger partial charge >= 0.3 is 51.4 Å². The van der Waals surface area contributed by atoms with Crippen molar-refractivity contribution in [3.05, 3.63) is 12.2 Å². The minimum Gasteiger partial charge on any atom is -1.00 e. The Hall–Kier alpha value is 0.516. The van der Waals surface area contributed by atoms with Gasteiger partial charge in [0.15, 0.2) is 0 Å². The maximum Gasteiger partial charge on any atom is 1.00 e. The van der Waals surface area contributed by atoms with Crippen LogP contribution in [0.3, 0.4) is 0 Å². The average molecular weight is 191 g/mol. The maximum absolute atomic E-state index is 11.1. The molecule has 12 heavy (non-hydrogen) atoms. The fraction of sp³-hybridized carbons (Fsp3) is 0.500. The Morgan fingerprint density at radius 2 is 2.17 bits per heavy atom. The van der Waals surface area contributed by atoms with Crippen molar-refractivity contribution < 1.29 is 62.4 Å². The number of rotatable bonds is 0. The van der Waals surface area contributed by atoms with Gasteiger partial charge in [0.25, 0.3) is 0 Å². The third-order valence-electron chi connectivity index (χ3n) is 2.31. The second-order valence-electron chi connectivity index (χ2n) is 2.99. The van der Waals surface area contributed by atoms with E-state index < -0.39 is 0 Å². The van der Waals surface area contributed by atoms with Crippen LogP contribution in [0.2, 0.25) is 0 Å². The number of fused-ring (bicyclic) bond motifs is 1. The summed E-state index contributed by atoms with van der Waals surface area (Å²) in [5.74, 6) is -0.468.